The lowest BCUT2D eigenvalue weighted by atomic mass is 9.61. The lowest BCUT2D eigenvalue weighted by molar-refractivity contribution is -0.133. The van der Waals surface area contributed by atoms with Crippen molar-refractivity contribution in [2.24, 2.45) is 17.3 Å². The molecule has 0 heterocycles. The van der Waals surface area contributed by atoms with Crippen molar-refractivity contribution < 1.29 is 30.0 Å². The predicted octanol–water partition coefficient (Wildman–Crippen LogP) is 5.70. The number of hydrogen-bond acceptors (Lipinski definition) is 5. The van der Waals surface area contributed by atoms with Gasteiger partial charge in [-0.05, 0) is 62.7 Å². The smallest absolute Gasteiger partial charge is 0.334 e. The molecule has 2 fully saturated rings. The summed E-state index contributed by atoms with van der Waals surface area (Å²) in [5, 5.41) is 40.7. The predicted molar refractivity (Wildman–Crippen MR) is 129 cm³/mol. The molecular formula is C27H46O6. The number of allylic oxidation sites excluding steroid dienone is 1. The van der Waals surface area contributed by atoms with Gasteiger partial charge < -0.3 is 20.4 Å². The number of aliphatic carboxylic acids is 1. The van der Waals surface area contributed by atoms with E-state index in [1.807, 2.05) is 0 Å². The molecule has 190 valence electrons. The van der Waals surface area contributed by atoms with E-state index in [4.69, 9.17) is 5.11 Å². The summed E-state index contributed by atoms with van der Waals surface area (Å²) in [5.41, 5.74) is 0.0933. The van der Waals surface area contributed by atoms with E-state index in [2.05, 4.69) is 6.92 Å². The van der Waals surface area contributed by atoms with Crippen molar-refractivity contribution in [3.05, 3.63) is 11.3 Å². The molecule has 1 unspecified atom stereocenters. The van der Waals surface area contributed by atoms with Crippen LogP contribution in [0.15, 0.2) is 11.3 Å². The zero-order valence-electron chi connectivity index (χ0n) is 20.7. The SMILES string of the molecule is CCCCCCC1(C(O)CC[C@H]2[C@H](O)CC(=O)[C@@H]2CCCCC(O)=C(CC)C(=O)O)CCC1. The average Bonchev–Trinajstić information content (AvgIpc) is 3.00. The molecular weight excluding hydrogens is 420 g/mol. The number of Topliss-reactive ketones (excluding diaryl/α,β-unsaturated/α-hetero) is 1. The van der Waals surface area contributed by atoms with Crippen molar-refractivity contribution in [2.75, 3.05) is 0 Å². The van der Waals surface area contributed by atoms with Crippen molar-refractivity contribution in [3.8, 4) is 0 Å². The number of carboxylic acids is 1. The lowest BCUT2D eigenvalue weighted by Gasteiger charge is -2.46. The van der Waals surface area contributed by atoms with E-state index in [-0.39, 0.29) is 53.3 Å². The Bertz CT molecular complexity index is 666. The molecule has 0 aliphatic heterocycles. The number of aliphatic hydroxyl groups excluding tert-OH is 3. The zero-order chi connectivity index (χ0) is 24.4. The van der Waals surface area contributed by atoms with Gasteiger partial charge in [-0.1, -0.05) is 52.4 Å². The molecule has 6 nitrogen and oxygen atoms in total. The Balaban J connectivity index is 1.84. The van der Waals surface area contributed by atoms with Crippen LogP contribution in [0.25, 0.3) is 0 Å². The normalized spacial score (nSPS) is 26.1. The molecule has 0 aromatic carbocycles. The highest BCUT2D eigenvalue weighted by Crippen LogP contribution is 2.50. The number of ketones is 1. The number of hydrogen-bond donors (Lipinski definition) is 4. The van der Waals surface area contributed by atoms with Gasteiger partial charge in [0.05, 0.1) is 17.8 Å². The van der Waals surface area contributed by atoms with Crippen LogP contribution in [0.2, 0.25) is 0 Å². The second kappa shape index (κ2) is 13.5. The summed E-state index contributed by atoms with van der Waals surface area (Å²) < 4.78 is 0. The molecule has 6 heteroatoms. The molecule has 0 amide bonds. The van der Waals surface area contributed by atoms with E-state index in [9.17, 15) is 24.9 Å². The number of carbonyl (C=O) groups is 2. The number of aliphatic hydroxyl groups is 3. The monoisotopic (exact) mass is 466 g/mol. The van der Waals surface area contributed by atoms with E-state index in [1.165, 1.54) is 32.1 Å². The standard InChI is InChI=1S/C27H46O6/c1-3-5-6-9-15-27(16-10-17-27)25(31)14-13-21-20(23(29)18-24(21)30)11-7-8-12-22(28)19(4-2)26(32)33/h20-21,24-25,28,30-31H,3-18H2,1-2H3,(H,32,33)/t20-,21-,24-,25?/m1/s1. The topological polar surface area (TPSA) is 115 Å². The highest BCUT2D eigenvalue weighted by Gasteiger charge is 2.45. The van der Waals surface area contributed by atoms with Gasteiger partial charge in [0.25, 0.3) is 0 Å². The van der Waals surface area contributed by atoms with Crippen LogP contribution in [0.1, 0.15) is 117 Å². The fourth-order valence-corrected chi connectivity index (χ4v) is 6.01. The average molecular weight is 467 g/mol. The van der Waals surface area contributed by atoms with Crippen LogP contribution < -0.4 is 0 Å². The van der Waals surface area contributed by atoms with Crippen molar-refractivity contribution in [1.29, 1.82) is 0 Å². The Morgan fingerprint density at radius 3 is 2.36 bits per heavy atom. The summed E-state index contributed by atoms with van der Waals surface area (Å²) in [5.74, 6) is -1.38. The van der Waals surface area contributed by atoms with Crippen molar-refractivity contribution in [3.63, 3.8) is 0 Å². The number of rotatable bonds is 16. The zero-order valence-corrected chi connectivity index (χ0v) is 20.7. The molecule has 0 aromatic rings. The summed E-state index contributed by atoms with van der Waals surface area (Å²) in [6, 6.07) is 0. The lowest BCUT2D eigenvalue weighted by Crippen LogP contribution is -2.42. The third-order valence-electron chi connectivity index (χ3n) is 8.33. The molecule has 2 rings (SSSR count). The van der Waals surface area contributed by atoms with Gasteiger partial charge in [-0.2, -0.15) is 0 Å². The van der Waals surface area contributed by atoms with Crippen LogP contribution in [0.5, 0.6) is 0 Å². The maximum atomic E-state index is 12.5. The molecule has 0 saturated heterocycles. The van der Waals surface area contributed by atoms with Gasteiger partial charge in [-0.25, -0.2) is 4.79 Å². The largest absolute Gasteiger partial charge is 0.512 e. The molecule has 4 atom stereocenters. The van der Waals surface area contributed by atoms with Gasteiger partial charge in [0.2, 0.25) is 0 Å². The summed E-state index contributed by atoms with van der Waals surface area (Å²) in [6.07, 6.45) is 12.3. The van der Waals surface area contributed by atoms with E-state index in [0.29, 0.717) is 38.5 Å². The van der Waals surface area contributed by atoms with Gasteiger partial charge in [0.15, 0.2) is 0 Å². The van der Waals surface area contributed by atoms with Gasteiger partial charge >= 0.3 is 5.97 Å². The first-order chi connectivity index (χ1) is 15.8. The molecule has 2 aliphatic carbocycles. The fourth-order valence-electron chi connectivity index (χ4n) is 6.01. The number of carbonyl (C=O) groups excluding carboxylic acids is 1. The minimum absolute atomic E-state index is 0.0434. The molecule has 2 saturated carbocycles. The molecule has 2 aliphatic rings. The van der Waals surface area contributed by atoms with E-state index in [1.54, 1.807) is 6.92 Å². The molecule has 0 aromatic heterocycles. The summed E-state index contributed by atoms with van der Waals surface area (Å²) in [6.45, 7) is 3.91. The third kappa shape index (κ3) is 7.54. The Kier molecular flexibility index (Phi) is 11.4. The van der Waals surface area contributed by atoms with Crippen LogP contribution in [-0.2, 0) is 9.59 Å². The quantitative estimate of drug-likeness (QED) is 0.132. The minimum atomic E-state index is -1.09. The van der Waals surface area contributed by atoms with E-state index < -0.39 is 12.1 Å². The van der Waals surface area contributed by atoms with Crippen LogP contribution in [0.4, 0.5) is 0 Å². The van der Waals surface area contributed by atoms with Gasteiger partial charge in [-0.3, -0.25) is 4.79 Å². The Labute approximate surface area is 199 Å². The summed E-state index contributed by atoms with van der Waals surface area (Å²) >= 11 is 0. The fraction of sp³-hybridized carbons (Fsp3) is 0.852. The maximum absolute atomic E-state index is 12.5. The van der Waals surface area contributed by atoms with Crippen LogP contribution >= 0.6 is 0 Å². The molecule has 0 spiro atoms. The van der Waals surface area contributed by atoms with Crippen molar-refractivity contribution in [1.82, 2.24) is 0 Å². The second-order valence-electron chi connectivity index (χ2n) is 10.5. The minimum Gasteiger partial charge on any atom is -0.512 e. The molecule has 4 N–H and O–H groups in total. The summed E-state index contributed by atoms with van der Waals surface area (Å²) in [4.78, 5) is 23.7. The van der Waals surface area contributed by atoms with E-state index >= 15 is 0 Å². The van der Waals surface area contributed by atoms with Gasteiger partial charge in [0.1, 0.15) is 11.5 Å². The Morgan fingerprint density at radius 1 is 1.06 bits per heavy atom. The first kappa shape index (κ1) is 27.8. The second-order valence-corrected chi connectivity index (χ2v) is 10.5. The number of unbranched alkanes of at least 4 members (excludes halogenated alkanes) is 4. The van der Waals surface area contributed by atoms with Crippen molar-refractivity contribution >= 4 is 11.8 Å². The van der Waals surface area contributed by atoms with Crippen molar-refractivity contribution in [2.45, 2.75) is 129 Å². The van der Waals surface area contributed by atoms with Gasteiger partial charge in [-0.15, -0.1) is 0 Å². The number of carboxylic acid groups (broad SMARTS) is 1. The first-order valence-corrected chi connectivity index (χ1v) is 13.3. The van der Waals surface area contributed by atoms with Crippen LogP contribution in [0, 0.1) is 17.3 Å². The Hall–Kier alpha value is -1.40. The van der Waals surface area contributed by atoms with Crippen LogP contribution in [-0.4, -0.2) is 44.4 Å². The molecule has 33 heavy (non-hydrogen) atoms. The van der Waals surface area contributed by atoms with Gasteiger partial charge in [0, 0.05) is 18.8 Å². The molecule has 0 radical (unpaired) electrons. The first-order valence-electron chi connectivity index (χ1n) is 13.3. The Morgan fingerprint density at radius 2 is 1.79 bits per heavy atom. The highest BCUT2D eigenvalue weighted by molar-refractivity contribution is 5.87. The van der Waals surface area contributed by atoms with E-state index in [0.717, 1.165) is 19.3 Å². The molecule has 0 bridgehead atoms. The van der Waals surface area contributed by atoms with Crippen LogP contribution in [0.3, 0.4) is 0 Å². The highest BCUT2D eigenvalue weighted by atomic mass is 16.4. The third-order valence-corrected chi connectivity index (χ3v) is 8.33. The summed E-state index contributed by atoms with van der Waals surface area (Å²) in [7, 11) is 0. The maximum Gasteiger partial charge on any atom is 0.334 e.